The topological polar surface area (TPSA) is 51.2 Å². The van der Waals surface area contributed by atoms with Crippen LogP contribution in [0.2, 0.25) is 0 Å². The Balaban J connectivity index is 2.12. The largest absolute Gasteiger partial charge is 0.293 e. The molecule has 0 saturated carbocycles. The van der Waals surface area contributed by atoms with Crippen LogP contribution in [0, 0.1) is 5.92 Å². The quantitative estimate of drug-likeness (QED) is 0.462. The van der Waals surface area contributed by atoms with Crippen molar-refractivity contribution in [2.45, 2.75) is 40.0 Å². The molecule has 1 aliphatic carbocycles. The summed E-state index contributed by atoms with van der Waals surface area (Å²) in [5, 5.41) is 0. The third-order valence-corrected chi connectivity index (χ3v) is 4.09. The molecule has 0 saturated heterocycles. The van der Waals surface area contributed by atoms with Crippen LogP contribution in [0.25, 0.3) is 0 Å². The summed E-state index contributed by atoms with van der Waals surface area (Å²) < 4.78 is 0. The van der Waals surface area contributed by atoms with Gasteiger partial charge in [0.05, 0.1) is 5.92 Å². The molecule has 3 heteroatoms. The maximum Gasteiger partial charge on any atom is 0.230 e. The van der Waals surface area contributed by atoms with Gasteiger partial charge in [-0.1, -0.05) is 47.6 Å². The average Bonchev–Trinajstić information content (AvgIpc) is 2.52. The van der Waals surface area contributed by atoms with E-state index in [4.69, 9.17) is 0 Å². The lowest BCUT2D eigenvalue weighted by Crippen LogP contribution is -2.36. The zero-order valence-corrected chi connectivity index (χ0v) is 13.9. The van der Waals surface area contributed by atoms with Crippen LogP contribution in [0.3, 0.4) is 0 Å². The molecule has 0 spiro atoms. The Bertz CT molecular complexity index is 703. The molecule has 3 nitrogen and oxygen atoms in total. The molecule has 1 unspecified atom stereocenters. The molecule has 120 valence electrons. The molecule has 0 heterocycles. The number of Topliss-reactive ketones (excluding diaryl/α,β-unsaturated/α-hetero) is 3. The molecule has 23 heavy (non-hydrogen) atoms. The van der Waals surface area contributed by atoms with Crippen molar-refractivity contribution in [3.63, 3.8) is 0 Å². The van der Waals surface area contributed by atoms with E-state index in [1.54, 1.807) is 24.3 Å². The van der Waals surface area contributed by atoms with Gasteiger partial charge in [-0.15, -0.1) is 0 Å². The highest BCUT2D eigenvalue weighted by Crippen LogP contribution is 2.26. The van der Waals surface area contributed by atoms with Crippen molar-refractivity contribution in [1.29, 1.82) is 0 Å². The van der Waals surface area contributed by atoms with E-state index in [9.17, 15) is 14.4 Å². The Morgan fingerprint density at radius 1 is 0.957 bits per heavy atom. The Morgan fingerprint density at radius 3 is 2.26 bits per heavy atom. The monoisotopic (exact) mass is 310 g/mol. The van der Waals surface area contributed by atoms with Crippen molar-refractivity contribution in [1.82, 2.24) is 0 Å². The van der Waals surface area contributed by atoms with Gasteiger partial charge in [0, 0.05) is 11.1 Å². The minimum Gasteiger partial charge on any atom is -0.293 e. The summed E-state index contributed by atoms with van der Waals surface area (Å²) in [5.41, 5.74) is 3.02. The van der Waals surface area contributed by atoms with E-state index in [1.165, 1.54) is 5.57 Å². The highest BCUT2D eigenvalue weighted by Gasteiger charge is 2.39. The van der Waals surface area contributed by atoms with Gasteiger partial charge in [0.1, 0.15) is 0 Å². The Morgan fingerprint density at radius 2 is 1.61 bits per heavy atom. The first-order valence-electron chi connectivity index (χ1n) is 7.92. The van der Waals surface area contributed by atoms with E-state index in [0.717, 1.165) is 18.4 Å². The summed E-state index contributed by atoms with van der Waals surface area (Å²) in [6.45, 7) is 6.11. The normalized spacial score (nSPS) is 18.0. The number of fused-ring (bicyclic) bond motifs is 1. The van der Waals surface area contributed by atoms with Gasteiger partial charge in [-0.2, -0.15) is 0 Å². The van der Waals surface area contributed by atoms with Gasteiger partial charge in [-0.3, -0.25) is 14.4 Å². The number of benzene rings is 1. The number of rotatable bonds is 5. The summed E-state index contributed by atoms with van der Waals surface area (Å²) >= 11 is 0. The summed E-state index contributed by atoms with van der Waals surface area (Å²) in [6, 6.07) is 6.56. The minimum absolute atomic E-state index is 0.237. The molecule has 1 aromatic rings. The molecule has 1 aliphatic rings. The second-order valence-corrected chi connectivity index (χ2v) is 6.26. The molecule has 1 atom stereocenters. The smallest absolute Gasteiger partial charge is 0.230 e. The highest BCUT2D eigenvalue weighted by atomic mass is 16.2. The molecular formula is C20H22O3. The van der Waals surface area contributed by atoms with Crippen molar-refractivity contribution in [3.8, 4) is 0 Å². The van der Waals surface area contributed by atoms with Gasteiger partial charge in [0.2, 0.25) is 11.6 Å². The summed E-state index contributed by atoms with van der Waals surface area (Å²) in [5.74, 6) is -2.22. The van der Waals surface area contributed by atoms with Crippen molar-refractivity contribution in [2.24, 2.45) is 5.92 Å². The second-order valence-electron chi connectivity index (χ2n) is 6.26. The zero-order chi connectivity index (χ0) is 17.0. The number of carbonyl (C=O) groups excluding carboxylic acids is 3. The third kappa shape index (κ3) is 3.92. The van der Waals surface area contributed by atoms with Crippen molar-refractivity contribution < 1.29 is 14.4 Å². The van der Waals surface area contributed by atoms with Gasteiger partial charge in [0.15, 0.2) is 5.78 Å². The molecule has 1 aromatic carbocycles. The van der Waals surface area contributed by atoms with Crippen LogP contribution in [0.5, 0.6) is 0 Å². The van der Waals surface area contributed by atoms with E-state index in [0.29, 0.717) is 12.0 Å². The standard InChI is InChI=1S/C20H22O3/c1-13(2)7-6-8-14(3)11-12-17-18(21)15-9-4-5-10-16(15)19(22)20(17)23/h4-5,7,9-11,17H,6,8,12H2,1-3H3. The Hall–Kier alpha value is -2.29. The fourth-order valence-electron chi connectivity index (χ4n) is 2.72. The van der Waals surface area contributed by atoms with Gasteiger partial charge in [-0.25, -0.2) is 0 Å². The van der Waals surface area contributed by atoms with E-state index in [-0.39, 0.29) is 11.3 Å². The molecule has 2 rings (SSSR count). The lowest BCUT2D eigenvalue weighted by Gasteiger charge is -2.20. The summed E-state index contributed by atoms with van der Waals surface area (Å²) in [7, 11) is 0. The minimum atomic E-state index is -0.865. The average molecular weight is 310 g/mol. The van der Waals surface area contributed by atoms with Crippen molar-refractivity contribution in [2.75, 3.05) is 0 Å². The van der Waals surface area contributed by atoms with Gasteiger partial charge in [0.25, 0.3) is 0 Å². The lowest BCUT2D eigenvalue weighted by atomic mass is 9.79. The number of ketones is 3. The SMILES string of the molecule is CC(C)=CCCC(C)=CCC1C(=O)C(=O)c2ccccc2C1=O. The maximum absolute atomic E-state index is 12.5. The fourth-order valence-corrected chi connectivity index (χ4v) is 2.72. The number of hydrogen-bond acceptors (Lipinski definition) is 3. The lowest BCUT2D eigenvalue weighted by molar-refractivity contribution is -0.117. The van der Waals surface area contributed by atoms with Crippen LogP contribution >= 0.6 is 0 Å². The molecule has 0 aliphatic heterocycles. The number of hydrogen-bond donors (Lipinski definition) is 0. The van der Waals surface area contributed by atoms with Crippen molar-refractivity contribution >= 4 is 17.3 Å². The maximum atomic E-state index is 12.5. The van der Waals surface area contributed by atoms with Crippen LogP contribution in [0.4, 0.5) is 0 Å². The summed E-state index contributed by atoms with van der Waals surface area (Å²) in [6.07, 6.45) is 6.22. The molecular weight excluding hydrogens is 288 g/mol. The fraction of sp³-hybridized carbons (Fsp3) is 0.350. The van der Waals surface area contributed by atoms with Crippen LogP contribution in [0.15, 0.2) is 47.6 Å². The first-order chi connectivity index (χ1) is 10.9. The first-order valence-corrected chi connectivity index (χ1v) is 7.92. The molecule has 0 amide bonds. The molecule has 0 N–H and O–H groups in total. The van der Waals surface area contributed by atoms with Gasteiger partial charge in [-0.05, 0) is 40.0 Å². The van der Waals surface area contributed by atoms with Crippen LogP contribution < -0.4 is 0 Å². The third-order valence-electron chi connectivity index (χ3n) is 4.09. The molecule has 0 aromatic heterocycles. The highest BCUT2D eigenvalue weighted by molar-refractivity contribution is 6.51. The predicted octanol–water partition coefficient (Wildman–Crippen LogP) is 4.33. The van der Waals surface area contributed by atoms with Crippen molar-refractivity contribution in [3.05, 3.63) is 58.7 Å². The Kier molecular flexibility index (Phi) is 5.43. The van der Waals surface area contributed by atoms with E-state index in [2.05, 4.69) is 19.9 Å². The zero-order valence-electron chi connectivity index (χ0n) is 13.9. The van der Waals surface area contributed by atoms with E-state index >= 15 is 0 Å². The van der Waals surface area contributed by atoms with Gasteiger partial charge < -0.3 is 0 Å². The van der Waals surface area contributed by atoms with E-state index in [1.807, 2.05) is 13.0 Å². The van der Waals surface area contributed by atoms with Crippen LogP contribution in [0.1, 0.15) is 60.7 Å². The Labute approximate surface area is 137 Å². The number of carbonyl (C=O) groups is 3. The van der Waals surface area contributed by atoms with Gasteiger partial charge >= 0.3 is 0 Å². The van der Waals surface area contributed by atoms with Crippen LogP contribution in [-0.2, 0) is 4.79 Å². The molecule has 0 bridgehead atoms. The first kappa shape index (κ1) is 17.1. The predicted molar refractivity (Wildman–Crippen MR) is 90.6 cm³/mol. The summed E-state index contributed by atoms with van der Waals surface area (Å²) in [4.78, 5) is 36.8. The number of allylic oxidation sites excluding steroid dienone is 4. The van der Waals surface area contributed by atoms with Crippen LogP contribution in [-0.4, -0.2) is 17.3 Å². The molecule has 0 fully saturated rings. The second kappa shape index (κ2) is 7.32. The molecule has 0 radical (unpaired) electrons. The van der Waals surface area contributed by atoms with E-state index < -0.39 is 17.5 Å².